The number of aromatic carboxylic acids is 1. The van der Waals surface area contributed by atoms with Crippen LogP contribution in [0.25, 0.3) is 0 Å². The number of hydrogen-bond acceptors (Lipinski definition) is 7. The number of halogens is 1. The van der Waals surface area contributed by atoms with E-state index in [1.165, 1.54) is 18.4 Å². The molecule has 3 N–H and O–H groups in total. The molecule has 0 aliphatic carbocycles. The number of aromatic nitrogens is 1. The van der Waals surface area contributed by atoms with Crippen LogP contribution < -0.4 is 9.46 Å². The van der Waals surface area contributed by atoms with Gasteiger partial charge in [0, 0.05) is 29.0 Å². The Bertz CT molecular complexity index is 1070. The van der Waals surface area contributed by atoms with E-state index < -0.39 is 17.3 Å². The van der Waals surface area contributed by atoms with Crippen molar-refractivity contribution in [1.82, 2.24) is 4.98 Å². The molecule has 3 aromatic rings. The summed E-state index contributed by atoms with van der Waals surface area (Å²) in [6.45, 7) is 0. The van der Waals surface area contributed by atoms with Gasteiger partial charge in [-0.2, -0.15) is 0 Å². The topological polar surface area (TPSA) is 91.7 Å². The van der Waals surface area contributed by atoms with Crippen LogP contribution in [0.5, 0.6) is 11.5 Å². The molecule has 0 amide bonds. The number of carbonyl (C=O) groups is 1. The highest BCUT2D eigenvalue weighted by Gasteiger charge is 2.16. The maximum atomic E-state index is 13.9. The molecule has 0 spiro atoms. The Hall–Kier alpha value is -3.22. The normalized spacial score (nSPS) is 10.1. The first-order valence-corrected chi connectivity index (χ1v) is 9.46. The number of anilines is 1. The Labute approximate surface area is 168 Å². The summed E-state index contributed by atoms with van der Waals surface area (Å²) in [5.41, 5.74) is 0.576. The average Bonchev–Trinajstić information content (AvgIpc) is 3.13. The van der Waals surface area contributed by atoms with Gasteiger partial charge in [0.2, 0.25) is 0 Å². The molecule has 0 atom stereocenters. The van der Waals surface area contributed by atoms with Gasteiger partial charge in [0.05, 0.1) is 18.4 Å². The minimum Gasteiger partial charge on any atom is -0.508 e. The molecule has 3 rings (SSSR count). The summed E-state index contributed by atoms with van der Waals surface area (Å²) in [4.78, 5) is 15.4. The quantitative estimate of drug-likeness (QED) is 0.424. The van der Waals surface area contributed by atoms with Crippen molar-refractivity contribution in [3.63, 3.8) is 0 Å². The molecule has 0 fully saturated rings. The van der Waals surface area contributed by atoms with E-state index in [1.807, 2.05) is 0 Å². The van der Waals surface area contributed by atoms with Crippen LogP contribution in [-0.4, -0.2) is 28.3 Å². The number of hydrogen-bond donors (Lipinski definition) is 3. The lowest BCUT2D eigenvalue weighted by Crippen LogP contribution is -2.03. The Balaban J connectivity index is 1.70. The van der Waals surface area contributed by atoms with Crippen LogP contribution in [0, 0.1) is 17.7 Å². The van der Waals surface area contributed by atoms with Crippen molar-refractivity contribution >= 4 is 34.9 Å². The second-order valence-electron chi connectivity index (χ2n) is 5.33. The van der Waals surface area contributed by atoms with Gasteiger partial charge in [-0.1, -0.05) is 5.92 Å². The van der Waals surface area contributed by atoms with E-state index in [1.54, 1.807) is 29.6 Å². The van der Waals surface area contributed by atoms with Gasteiger partial charge in [-0.3, -0.25) is 0 Å². The molecule has 6 nitrogen and oxygen atoms in total. The molecule has 9 heteroatoms. The zero-order chi connectivity index (χ0) is 20.1. The summed E-state index contributed by atoms with van der Waals surface area (Å²) in [6, 6.07) is 8.70. The fraction of sp³-hybridized carbons (Fsp3) is 0.0526. The van der Waals surface area contributed by atoms with E-state index in [-0.39, 0.29) is 11.5 Å². The number of aromatic hydroxyl groups is 1. The molecule has 142 valence electrons. The monoisotopic (exact) mass is 416 g/mol. The molecule has 28 heavy (non-hydrogen) atoms. The van der Waals surface area contributed by atoms with Crippen molar-refractivity contribution < 1.29 is 24.1 Å². The molecule has 0 unspecified atom stereocenters. The highest BCUT2D eigenvalue weighted by Crippen LogP contribution is 2.32. The number of phenolic OH excluding ortho intramolecular Hbond substituents is 1. The Morgan fingerprint density at radius 2 is 2.04 bits per heavy atom. The maximum absolute atomic E-state index is 13.9. The standard InChI is InChI=1S/C19H13FN2O4S2/c1-26-16-8-13(19(24)25)14(20)9-15(16)22-28-18-10-27-17(21-18)7-4-11-2-5-12(23)6-3-11/h2-3,5-6,8-10,22-23H,1H3,(H,24,25). The van der Waals surface area contributed by atoms with Crippen LogP contribution in [0.4, 0.5) is 10.1 Å². The molecule has 0 aliphatic rings. The summed E-state index contributed by atoms with van der Waals surface area (Å²) in [5, 5.41) is 21.2. The second-order valence-corrected chi connectivity index (χ2v) is 7.01. The lowest BCUT2D eigenvalue weighted by Gasteiger charge is -2.11. The Morgan fingerprint density at radius 1 is 1.29 bits per heavy atom. The van der Waals surface area contributed by atoms with Crippen molar-refractivity contribution in [1.29, 1.82) is 0 Å². The van der Waals surface area contributed by atoms with Crippen molar-refractivity contribution in [3.05, 3.63) is 63.7 Å². The number of phenols is 1. The maximum Gasteiger partial charge on any atom is 0.338 e. The van der Waals surface area contributed by atoms with Gasteiger partial charge in [-0.05, 0) is 36.3 Å². The van der Waals surface area contributed by atoms with Crippen LogP contribution in [0.3, 0.4) is 0 Å². The highest BCUT2D eigenvalue weighted by molar-refractivity contribution is 8.00. The number of carboxylic acid groups (broad SMARTS) is 1. The summed E-state index contributed by atoms with van der Waals surface area (Å²) in [7, 11) is 1.37. The first-order valence-electron chi connectivity index (χ1n) is 7.76. The number of nitrogens with one attached hydrogen (secondary N) is 1. The first kappa shape index (κ1) is 19.5. The van der Waals surface area contributed by atoms with Gasteiger partial charge in [-0.15, -0.1) is 11.3 Å². The van der Waals surface area contributed by atoms with Gasteiger partial charge in [0.15, 0.2) is 5.01 Å². The molecule has 0 aliphatic heterocycles. The van der Waals surface area contributed by atoms with Crippen LogP contribution in [-0.2, 0) is 0 Å². The number of ether oxygens (including phenoxy) is 1. The number of methoxy groups -OCH3 is 1. The molecular formula is C19H13FN2O4S2. The zero-order valence-corrected chi connectivity index (χ0v) is 16.0. The smallest absolute Gasteiger partial charge is 0.338 e. The van der Waals surface area contributed by atoms with Crippen LogP contribution in [0.15, 0.2) is 46.8 Å². The number of benzene rings is 2. The van der Waals surface area contributed by atoms with E-state index in [2.05, 4.69) is 21.5 Å². The van der Waals surface area contributed by atoms with E-state index >= 15 is 0 Å². The predicted molar refractivity (Wildman–Crippen MR) is 106 cm³/mol. The second kappa shape index (κ2) is 8.65. The van der Waals surface area contributed by atoms with Crippen LogP contribution >= 0.6 is 23.3 Å². The third-order valence-corrected chi connectivity index (χ3v) is 5.10. The summed E-state index contributed by atoms with van der Waals surface area (Å²) >= 11 is 2.47. The SMILES string of the molecule is COc1cc(C(=O)O)c(F)cc1NSc1csc(C#Cc2ccc(O)cc2)n1. The molecule has 0 saturated heterocycles. The van der Waals surface area contributed by atoms with Crippen molar-refractivity contribution in [2.45, 2.75) is 5.03 Å². The van der Waals surface area contributed by atoms with Gasteiger partial charge in [-0.25, -0.2) is 14.2 Å². The van der Waals surface area contributed by atoms with E-state index in [0.29, 0.717) is 15.7 Å². The predicted octanol–water partition coefficient (Wildman–Crippen LogP) is 4.21. The number of thiazole rings is 1. The molecule has 2 aromatic carbocycles. The molecule has 0 bridgehead atoms. The molecular weight excluding hydrogens is 403 g/mol. The highest BCUT2D eigenvalue weighted by atomic mass is 32.2. The number of nitrogens with zero attached hydrogens (tertiary/aromatic N) is 1. The van der Waals surface area contributed by atoms with Crippen LogP contribution in [0.1, 0.15) is 20.9 Å². The third-order valence-electron chi connectivity index (χ3n) is 3.45. The lowest BCUT2D eigenvalue weighted by molar-refractivity contribution is 0.0691. The minimum absolute atomic E-state index is 0.174. The van der Waals surface area contributed by atoms with Crippen molar-refractivity contribution in [3.8, 4) is 23.3 Å². The van der Waals surface area contributed by atoms with Gasteiger partial charge in [0.1, 0.15) is 22.3 Å². The molecule has 1 heterocycles. The lowest BCUT2D eigenvalue weighted by atomic mass is 10.2. The zero-order valence-electron chi connectivity index (χ0n) is 14.4. The van der Waals surface area contributed by atoms with Crippen molar-refractivity contribution in [2.24, 2.45) is 0 Å². The summed E-state index contributed by atoms with van der Waals surface area (Å²) in [5.74, 6) is 4.03. The molecule has 0 radical (unpaired) electrons. The molecule has 0 saturated carbocycles. The first-order chi connectivity index (χ1) is 13.5. The Morgan fingerprint density at radius 3 is 2.71 bits per heavy atom. The van der Waals surface area contributed by atoms with E-state index in [9.17, 15) is 14.3 Å². The number of carboxylic acids is 1. The van der Waals surface area contributed by atoms with Gasteiger partial charge in [0.25, 0.3) is 0 Å². The summed E-state index contributed by atoms with van der Waals surface area (Å²) in [6.07, 6.45) is 0. The van der Waals surface area contributed by atoms with E-state index in [4.69, 9.17) is 9.84 Å². The molecule has 1 aromatic heterocycles. The fourth-order valence-corrected chi connectivity index (χ4v) is 3.54. The summed E-state index contributed by atoms with van der Waals surface area (Å²) < 4.78 is 21.9. The fourth-order valence-electron chi connectivity index (χ4n) is 2.11. The Kier molecular flexibility index (Phi) is 6.03. The van der Waals surface area contributed by atoms with Crippen LogP contribution in [0.2, 0.25) is 0 Å². The van der Waals surface area contributed by atoms with Gasteiger partial charge < -0.3 is 19.7 Å². The van der Waals surface area contributed by atoms with Gasteiger partial charge >= 0.3 is 5.97 Å². The third kappa shape index (κ3) is 4.73. The van der Waals surface area contributed by atoms with E-state index in [0.717, 1.165) is 29.6 Å². The number of rotatable bonds is 5. The van der Waals surface area contributed by atoms with Crippen molar-refractivity contribution in [2.75, 3.05) is 11.8 Å². The minimum atomic E-state index is -1.37. The largest absolute Gasteiger partial charge is 0.508 e. The average molecular weight is 416 g/mol.